The highest BCUT2D eigenvalue weighted by molar-refractivity contribution is 5.76. The number of allylic oxidation sites excluding steroid dienone is 6. The Morgan fingerprint density at radius 1 is 0.337 bits per heavy atom. The van der Waals surface area contributed by atoms with E-state index < -0.39 is 12.1 Å². The van der Waals surface area contributed by atoms with Crippen LogP contribution in [0.2, 0.25) is 0 Å². The van der Waals surface area contributed by atoms with Gasteiger partial charge in [0, 0.05) is 12.8 Å². The van der Waals surface area contributed by atoms with E-state index in [0.717, 1.165) is 51.4 Å². The van der Waals surface area contributed by atoms with Gasteiger partial charge in [-0.05, 0) is 83.5 Å². The van der Waals surface area contributed by atoms with Gasteiger partial charge in [-0.3, -0.25) is 9.59 Å². The van der Waals surface area contributed by atoms with E-state index >= 15 is 0 Å². The molecule has 0 heterocycles. The van der Waals surface area contributed by atoms with Crippen LogP contribution < -0.4 is 5.32 Å². The molecule has 2 atom stereocenters. The van der Waals surface area contributed by atoms with Crippen LogP contribution in [0.1, 0.15) is 418 Å². The number of hydrogen-bond acceptors (Lipinski definition) is 5. The first-order chi connectivity index (χ1) is 41.0. The van der Waals surface area contributed by atoms with Gasteiger partial charge in [-0.15, -0.1) is 0 Å². The van der Waals surface area contributed by atoms with Gasteiger partial charge in [0.05, 0.1) is 25.4 Å². The second kappa shape index (κ2) is 72.6. The number of esters is 1. The van der Waals surface area contributed by atoms with Crippen molar-refractivity contribution in [3.8, 4) is 0 Å². The molecule has 490 valence electrons. The summed E-state index contributed by atoms with van der Waals surface area (Å²) in [6.07, 6.45) is 93.5. The molecule has 83 heavy (non-hydrogen) atoms. The molecule has 0 saturated heterocycles. The van der Waals surface area contributed by atoms with Crippen LogP contribution in [0.15, 0.2) is 36.5 Å². The van der Waals surface area contributed by atoms with E-state index in [9.17, 15) is 19.8 Å². The van der Waals surface area contributed by atoms with Gasteiger partial charge >= 0.3 is 5.97 Å². The molecule has 3 N–H and O–H groups in total. The van der Waals surface area contributed by atoms with Crippen molar-refractivity contribution in [2.75, 3.05) is 13.2 Å². The van der Waals surface area contributed by atoms with Crippen molar-refractivity contribution in [1.29, 1.82) is 0 Å². The van der Waals surface area contributed by atoms with E-state index in [1.807, 2.05) is 0 Å². The standard InChI is InChI=1S/C77H147NO5/c1-3-5-7-9-11-13-15-17-19-21-34-39-43-47-51-55-59-63-67-71-77(82)83-72-68-64-60-56-52-48-44-40-36-33-31-29-27-25-23-22-24-26-28-30-32-35-38-42-46-50-54-58-62-66-70-76(81)78-74(73-79)75(80)69-65-61-57-53-49-45-41-37-20-18-16-14-12-10-8-6-4-2/h11,13,17,19,23,25,74-75,79-80H,3-10,12,14-16,18,20-22,24,26-73H2,1-2H3,(H,78,81)/b13-11-,19-17-,25-23-. The number of nitrogens with one attached hydrogen (secondary N) is 1. The van der Waals surface area contributed by atoms with Crippen LogP contribution in [0.25, 0.3) is 0 Å². The van der Waals surface area contributed by atoms with Crippen molar-refractivity contribution in [2.24, 2.45) is 0 Å². The Kier molecular flexibility index (Phi) is 70.9. The molecule has 6 heteroatoms. The van der Waals surface area contributed by atoms with Gasteiger partial charge in [0.1, 0.15) is 0 Å². The van der Waals surface area contributed by atoms with E-state index in [2.05, 4.69) is 55.6 Å². The van der Waals surface area contributed by atoms with Gasteiger partial charge in [0.15, 0.2) is 0 Å². The van der Waals surface area contributed by atoms with E-state index in [0.29, 0.717) is 25.9 Å². The Hall–Kier alpha value is -1.92. The zero-order chi connectivity index (χ0) is 59.9. The number of unbranched alkanes of at least 4 members (excludes halogenated alkanes) is 54. The summed E-state index contributed by atoms with van der Waals surface area (Å²) in [5.74, 6) is -0.0159. The van der Waals surface area contributed by atoms with Crippen LogP contribution in [0.5, 0.6) is 0 Å². The van der Waals surface area contributed by atoms with Crippen molar-refractivity contribution in [1.82, 2.24) is 5.32 Å². The molecular formula is C77H147NO5. The summed E-state index contributed by atoms with van der Waals surface area (Å²) in [7, 11) is 0. The largest absolute Gasteiger partial charge is 0.466 e. The zero-order valence-corrected chi connectivity index (χ0v) is 56.2. The molecule has 1 amide bonds. The van der Waals surface area contributed by atoms with Crippen molar-refractivity contribution in [2.45, 2.75) is 431 Å². The molecule has 0 saturated carbocycles. The number of carbonyl (C=O) groups is 2. The predicted octanol–water partition coefficient (Wildman–Crippen LogP) is 24.7. The molecule has 0 aliphatic rings. The number of carbonyl (C=O) groups excluding carboxylic acids is 2. The van der Waals surface area contributed by atoms with Crippen LogP contribution >= 0.6 is 0 Å². The quantitative estimate of drug-likeness (QED) is 0.0320. The second-order valence-corrected chi connectivity index (χ2v) is 26.0. The minimum atomic E-state index is -0.664. The minimum absolute atomic E-state index is 0.0140. The molecule has 0 aromatic carbocycles. The minimum Gasteiger partial charge on any atom is -0.466 e. The molecule has 2 unspecified atom stereocenters. The average Bonchev–Trinajstić information content (AvgIpc) is 3.49. The van der Waals surface area contributed by atoms with Crippen molar-refractivity contribution in [3.05, 3.63) is 36.5 Å². The topological polar surface area (TPSA) is 95.9 Å². The summed E-state index contributed by atoms with van der Waals surface area (Å²) in [5.41, 5.74) is 0. The van der Waals surface area contributed by atoms with E-state index in [1.54, 1.807) is 0 Å². The normalized spacial score (nSPS) is 12.7. The lowest BCUT2D eigenvalue weighted by Crippen LogP contribution is -2.45. The third-order valence-electron chi connectivity index (χ3n) is 17.7. The molecule has 0 aliphatic heterocycles. The van der Waals surface area contributed by atoms with Crippen LogP contribution in [0, 0.1) is 0 Å². The fraction of sp³-hybridized carbons (Fsp3) is 0.896. The summed E-state index contributed by atoms with van der Waals surface area (Å²) in [6.45, 7) is 4.97. The second-order valence-electron chi connectivity index (χ2n) is 26.0. The maximum atomic E-state index is 12.5. The molecule has 0 bridgehead atoms. The fourth-order valence-electron chi connectivity index (χ4n) is 11.9. The summed E-state index contributed by atoms with van der Waals surface area (Å²) in [5, 5.41) is 23.4. The van der Waals surface area contributed by atoms with Crippen molar-refractivity contribution < 1.29 is 24.5 Å². The third kappa shape index (κ3) is 69.1. The Bertz CT molecular complexity index is 1340. The van der Waals surface area contributed by atoms with Gasteiger partial charge < -0.3 is 20.3 Å². The Morgan fingerprint density at radius 3 is 0.952 bits per heavy atom. The molecule has 0 radical (unpaired) electrons. The number of aliphatic hydroxyl groups is 2. The molecule has 0 aliphatic carbocycles. The first-order valence-electron chi connectivity index (χ1n) is 37.7. The van der Waals surface area contributed by atoms with Gasteiger partial charge in [-0.2, -0.15) is 0 Å². The van der Waals surface area contributed by atoms with Crippen LogP contribution in [-0.4, -0.2) is 47.4 Å². The lowest BCUT2D eigenvalue weighted by molar-refractivity contribution is -0.143. The monoisotopic (exact) mass is 1170 g/mol. The van der Waals surface area contributed by atoms with Crippen molar-refractivity contribution >= 4 is 11.9 Å². The highest BCUT2D eigenvalue weighted by Gasteiger charge is 2.20. The molecule has 0 rings (SSSR count). The molecule has 0 aromatic heterocycles. The summed E-state index contributed by atoms with van der Waals surface area (Å²) in [6, 6.07) is -0.541. The summed E-state index contributed by atoms with van der Waals surface area (Å²) in [4.78, 5) is 24.7. The lowest BCUT2D eigenvalue weighted by atomic mass is 10.0. The maximum absolute atomic E-state index is 12.5. The highest BCUT2D eigenvalue weighted by Crippen LogP contribution is 2.19. The third-order valence-corrected chi connectivity index (χ3v) is 17.7. The summed E-state index contributed by atoms with van der Waals surface area (Å²) >= 11 is 0. The fourth-order valence-corrected chi connectivity index (χ4v) is 11.9. The van der Waals surface area contributed by atoms with Gasteiger partial charge in [-0.25, -0.2) is 0 Å². The zero-order valence-electron chi connectivity index (χ0n) is 56.2. The molecule has 6 nitrogen and oxygen atoms in total. The number of rotatable bonds is 71. The van der Waals surface area contributed by atoms with Crippen molar-refractivity contribution in [3.63, 3.8) is 0 Å². The summed E-state index contributed by atoms with van der Waals surface area (Å²) < 4.78 is 5.51. The molecule has 0 spiro atoms. The average molecular weight is 1170 g/mol. The van der Waals surface area contributed by atoms with Crippen LogP contribution in [-0.2, 0) is 14.3 Å². The molecule has 0 fully saturated rings. The molecular weight excluding hydrogens is 1020 g/mol. The van der Waals surface area contributed by atoms with Gasteiger partial charge in [0.2, 0.25) is 5.91 Å². The number of ether oxygens (including phenoxy) is 1. The van der Waals surface area contributed by atoms with Gasteiger partial charge in [0.25, 0.3) is 0 Å². The van der Waals surface area contributed by atoms with Crippen LogP contribution in [0.4, 0.5) is 0 Å². The first-order valence-corrected chi connectivity index (χ1v) is 37.7. The Morgan fingerprint density at radius 2 is 0.602 bits per heavy atom. The Balaban J connectivity index is 3.35. The predicted molar refractivity (Wildman–Crippen MR) is 366 cm³/mol. The Labute approximate surface area is 519 Å². The molecule has 0 aromatic rings. The smallest absolute Gasteiger partial charge is 0.305 e. The van der Waals surface area contributed by atoms with Crippen LogP contribution in [0.3, 0.4) is 0 Å². The lowest BCUT2D eigenvalue weighted by Gasteiger charge is -2.22. The van der Waals surface area contributed by atoms with E-state index in [-0.39, 0.29) is 18.5 Å². The maximum Gasteiger partial charge on any atom is 0.305 e. The van der Waals surface area contributed by atoms with Gasteiger partial charge in [-0.1, -0.05) is 359 Å². The SMILES string of the molecule is CCCCC/C=C\C/C=C\CCCCCCCCCCCC(=O)OCCCCCCCCCCCCCC/C=C\CCCCCCCCCCCCCCCCC(=O)NC(CO)C(O)CCCCCCCCCCCCCCCCCCC. The number of aliphatic hydroxyl groups excluding tert-OH is 2. The van der Waals surface area contributed by atoms with E-state index in [1.165, 1.54) is 334 Å². The van der Waals surface area contributed by atoms with E-state index in [4.69, 9.17) is 4.74 Å². The number of amides is 1. The first kappa shape index (κ1) is 81.1. The number of hydrogen-bond donors (Lipinski definition) is 3. The highest BCUT2D eigenvalue weighted by atomic mass is 16.5.